The summed E-state index contributed by atoms with van der Waals surface area (Å²) in [5.41, 5.74) is -0.0754. The number of rotatable bonds is 7. The summed E-state index contributed by atoms with van der Waals surface area (Å²) < 4.78 is 44.0. The van der Waals surface area contributed by atoms with E-state index in [0.29, 0.717) is 30.8 Å². The van der Waals surface area contributed by atoms with Crippen molar-refractivity contribution in [2.75, 3.05) is 32.6 Å². The highest BCUT2D eigenvalue weighted by molar-refractivity contribution is 7.22. The number of carbonyl (C=O) groups excluding carboxylic acids is 1. The highest BCUT2D eigenvalue weighted by Crippen LogP contribution is 2.35. The summed E-state index contributed by atoms with van der Waals surface area (Å²) in [5, 5.41) is 13.5. The molecule has 1 amide bonds. The Morgan fingerprint density at radius 2 is 2.03 bits per heavy atom. The summed E-state index contributed by atoms with van der Waals surface area (Å²) in [6.07, 6.45) is -4.47. The molecule has 2 N–H and O–H groups in total. The van der Waals surface area contributed by atoms with Gasteiger partial charge in [-0.2, -0.15) is 13.2 Å². The summed E-state index contributed by atoms with van der Waals surface area (Å²) >= 11 is 7.03. The molecular weight excluding hydrogens is 490 g/mol. The average Bonchev–Trinajstić information content (AvgIpc) is 3.09. The molecule has 6 nitrogen and oxygen atoms in total. The van der Waals surface area contributed by atoms with E-state index < -0.39 is 17.6 Å². The van der Waals surface area contributed by atoms with Crippen molar-refractivity contribution in [3.63, 3.8) is 0 Å². The zero-order chi connectivity index (χ0) is 22.8. The lowest BCUT2D eigenvalue weighted by Crippen LogP contribution is -2.22. The van der Waals surface area contributed by atoms with Crippen molar-refractivity contribution in [3.8, 4) is 5.75 Å². The number of phenolic OH excluding ortho intramolecular Hbond substituents is 1. The van der Waals surface area contributed by atoms with Gasteiger partial charge < -0.3 is 9.84 Å². The molecule has 2 aromatic carbocycles. The number of fused-ring (bicyclic) bond motifs is 1. The molecule has 174 valence electrons. The first kappa shape index (κ1) is 26.1. The molecule has 32 heavy (non-hydrogen) atoms. The van der Waals surface area contributed by atoms with E-state index in [9.17, 15) is 23.1 Å². The number of methoxy groups -OCH3 is 1. The molecule has 0 spiro atoms. The third-order valence-corrected chi connectivity index (χ3v) is 5.60. The van der Waals surface area contributed by atoms with Crippen molar-refractivity contribution < 1.29 is 27.8 Å². The normalized spacial score (nSPS) is 11.6. The fraction of sp³-hybridized carbons (Fsp3) is 0.300. The number of aromatic nitrogens is 1. The Balaban J connectivity index is 0.00000363. The summed E-state index contributed by atoms with van der Waals surface area (Å²) in [5.74, 6) is -0.900. The Morgan fingerprint density at radius 3 is 2.69 bits per heavy atom. The number of ether oxygens (including phenoxy) is 1. The van der Waals surface area contributed by atoms with Gasteiger partial charge in [-0.15, -0.1) is 12.4 Å². The maximum absolute atomic E-state index is 12.9. The number of benzene rings is 2. The third-order valence-electron chi connectivity index (χ3n) is 4.45. The average molecular weight is 510 g/mol. The smallest absolute Gasteiger partial charge is 0.416 e. The van der Waals surface area contributed by atoms with Crippen LogP contribution in [0.3, 0.4) is 0 Å². The molecule has 12 heteroatoms. The van der Waals surface area contributed by atoms with Crippen LogP contribution < -0.4 is 5.32 Å². The molecule has 3 aromatic rings. The van der Waals surface area contributed by atoms with Gasteiger partial charge in [0.1, 0.15) is 5.75 Å². The van der Waals surface area contributed by atoms with Gasteiger partial charge in [-0.05, 0) is 37.4 Å². The van der Waals surface area contributed by atoms with Crippen LogP contribution in [-0.4, -0.2) is 48.2 Å². The number of thiazole rings is 1. The number of hydrogen-bond donors (Lipinski definition) is 2. The standard InChI is InChI=1S/C20H19ClF3N3O3S.ClH/c1-27(5-6-30-2)10-11-7-13(21)9-14(17(11)28)18(29)26-19-25-15-4-3-12(20(22,23)24)8-16(15)31-19;/h3-4,7-9,28H,5-6,10H2,1-2H3,(H,25,26,29);1H. The van der Waals surface area contributed by atoms with E-state index >= 15 is 0 Å². The number of halogens is 5. The number of aromatic hydroxyl groups is 1. The first-order valence-electron chi connectivity index (χ1n) is 9.06. The van der Waals surface area contributed by atoms with Gasteiger partial charge in [0.05, 0.1) is 28.0 Å². The van der Waals surface area contributed by atoms with Crippen LogP contribution in [0.2, 0.25) is 5.02 Å². The van der Waals surface area contributed by atoms with Crippen molar-refractivity contribution in [1.82, 2.24) is 9.88 Å². The Labute approximate surface area is 197 Å². The molecule has 1 heterocycles. The Bertz CT molecular complexity index is 1110. The molecule has 0 aliphatic heterocycles. The number of anilines is 1. The summed E-state index contributed by atoms with van der Waals surface area (Å²) in [6, 6.07) is 6.04. The first-order valence-corrected chi connectivity index (χ1v) is 10.3. The van der Waals surface area contributed by atoms with Gasteiger partial charge >= 0.3 is 6.18 Å². The van der Waals surface area contributed by atoms with E-state index in [1.165, 1.54) is 12.1 Å². The number of alkyl halides is 3. The maximum Gasteiger partial charge on any atom is 0.416 e. The van der Waals surface area contributed by atoms with Crippen LogP contribution in [0, 0.1) is 0 Å². The molecule has 0 radical (unpaired) electrons. The van der Waals surface area contributed by atoms with Gasteiger partial charge in [0.15, 0.2) is 5.13 Å². The fourth-order valence-corrected chi connectivity index (χ4v) is 4.03. The molecular formula is C20H20Cl2F3N3O3S. The predicted molar refractivity (Wildman–Crippen MR) is 121 cm³/mol. The lowest BCUT2D eigenvalue weighted by Gasteiger charge is -2.18. The lowest BCUT2D eigenvalue weighted by atomic mass is 10.1. The van der Waals surface area contributed by atoms with Crippen molar-refractivity contribution in [2.45, 2.75) is 12.7 Å². The molecule has 0 bridgehead atoms. The van der Waals surface area contributed by atoms with Gasteiger partial charge in [0.2, 0.25) is 0 Å². The van der Waals surface area contributed by atoms with E-state index in [0.717, 1.165) is 23.5 Å². The van der Waals surface area contributed by atoms with Crippen LogP contribution in [-0.2, 0) is 17.5 Å². The van der Waals surface area contributed by atoms with Crippen LogP contribution in [0.25, 0.3) is 10.2 Å². The van der Waals surface area contributed by atoms with Crippen molar-refractivity contribution in [1.29, 1.82) is 0 Å². The van der Waals surface area contributed by atoms with Crippen LogP contribution >= 0.6 is 35.3 Å². The van der Waals surface area contributed by atoms with Gasteiger partial charge in [-0.25, -0.2) is 4.98 Å². The minimum Gasteiger partial charge on any atom is -0.507 e. The first-order chi connectivity index (χ1) is 14.6. The second-order valence-corrected chi connectivity index (χ2v) is 8.31. The van der Waals surface area contributed by atoms with Crippen molar-refractivity contribution in [2.24, 2.45) is 0 Å². The zero-order valence-electron chi connectivity index (χ0n) is 17.0. The number of likely N-dealkylation sites (N-methyl/N-ethyl adjacent to an activating group) is 1. The van der Waals surface area contributed by atoms with Crippen LogP contribution in [0.5, 0.6) is 5.75 Å². The Hall–Kier alpha value is -2.11. The summed E-state index contributed by atoms with van der Waals surface area (Å²) in [6.45, 7) is 1.44. The van der Waals surface area contributed by atoms with Crippen molar-refractivity contribution in [3.05, 3.63) is 52.0 Å². The number of hydrogen-bond acceptors (Lipinski definition) is 6. The topological polar surface area (TPSA) is 74.7 Å². The van der Waals surface area contributed by atoms with Gasteiger partial charge in [-0.1, -0.05) is 22.9 Å². The summed E-state index contributed by atoms with van der Waals surface area (Å²) in [7, 11) is 3.41. The van der Waals surface area contributed by atoms with Gasteiger partial charge in [0, 0.05) is 30.8 Å². The summed E-state index contributed by atoms with van der Waals surface area (Å²) in [4.78, 5) is 18.8. The third kappa shape index (κ3) is 6.23. The number of phenols is 1. The predicted octanol–water partition coefficient (Wildman–Crippen LogP) is 5.43. The Kier molecular flexibility index (Phi) is 8.72. The number of nitrogens with zero attached hydrogens (tertiary/aromatic N) is 2. The molecule has 1 aromatic heterocycles. The van der Waals surface area contributed by atoms with E-state index in [-0.39, 0.29) is 38.6 Å². The lowest BCUT2D eigenvalue weighted by molar-refractivity contribution is -0.137. The minimum atomic E-state index is -4.47. The van der Waals surface area contributed by atoms with Gasteiger partial charge in [-0.3, -0.25) is 15.0 Å². The van der Waals surface area contributed by atoms with E-state index in [1.54, 1.807) is 13.2 Å². The highest BCUT2D eigenvalue weighted by Gasteiger charge is 2.30. The zero-order valence-corrected chi connectivity index (χ0v) is 19.4. The maximum atomic E-state index is 12.9. The van der Waals surface area contributed by atoms with Crippen LogP contribution in [0.15, 0.2) is 30.3 Å². The monoisotopic (exact) mass is 509 g/mol. The molecule has 0 aliphatic rings. The van der Waals surface area contributed by atoms with Crippen LogP contribution in [0.1, 0.15) is 21.5 Å². The molecule has 0 unspecified atom stereocenters. The van der Waals surface area contributed by atoms with E-state index in [1.807, 2.05) is 11.9 Å². The van der Waals surface area contributed by atoms with E-state index in [4.69, 9.17) is 16.3 Å². The molecule has 0 saturated heterocycles. The van der Waals surface area contributed by atoms with Crippen molar-refractivity contribution >= 4 is 56.6 Å². The molecule has 3 rings (SSSR count). The largest absolute Gasteiger partial charge is 0.507 e. The van der Waals surface area contributed by atoms with Gasteiger partial charge in [0.25, 0.3) is 5.91 Å². The van der Waals surface area contributed by atoms with E-state index in [2.05, 4.69) is 10.3 Å². The molecule has 0 aliphatic carbocycles. The van der Waals surface area contributed by atoms with Crippen LogP contribution in [0.4, 0.5) is 18.3 Å². The second-order valence-electron chi connectivity index (χ2n) is 6.85. The highest BCUT2D eigenvalue weighted by atomic mass is 35.5. The SMILES string of the molecule is COCCN(C)Cc1cc(Cl)cc(C(=O)Nc2nc3ccc(C(F)(F)F)cc3s2)c1O.Cl. The molecule has 0 saturated carbocycles. The molecule has 0 atom stereocenters. The minimum absolute atomic E-state index is 0. The fourth-order valence-electron chi connectivity index (χ4n) is 2.89. The number of amides is 1. The Morgan fingerprint density at radius 1 is 1.31 bits per heavy atom. The molecule has 0 fully saturated rings. The number of nitrogens with one attached hydrogen (secondary N) is 1. The quantitative estimate of drug-likeness (QED) is 0.444. The number of carbonyl (C=O) groups is 1. The second kappa shape index (κ2) is 10.7.